The van der Waals surface area contributed by atoms with Crippen LogP contribution in [0.15, 0.2) is 65.8 Å². The molecule has 2 aliphatic rings. The molecule has 0 bridgehead atoms. The number of carbonyl (C=O) groups excluding carboxylic acids is 3. The number of amides is 3. The molecule has 42 heavy (non-hydrogen) atoms. The number of benzene rings is 2. The average molecular weight is 568 g/mol. The third-order valence-electron chi connectivity index (χ3n) is 7.80. The zero-order chi connectivity index (χ0) is 29.9. The largest absolute Gasteiger partial charge is 0.383 e. The smallest absolute Gasteiger partial charge is 0.244 e. The summed E-state index contributed by atoms with van der Waals surface area (Å²) in [7, 11) is 1.63. The summed E-state index contributed by atoms with van der Waals surface area (Å²) >= 11 is 0. The van der Waals surface area contributed by atoms with E-state index in [0.717, 1.165) is 27.8 Å². The molecule has 1 aliphatic carbocycles. The highest BCUT2D eigenvalue weighted by atomic mass is 16.5. The second-order valence-corrected chi connectivity index (χ2v) is 12.0. The molecular weight excluding hydrogens is 530 g/mol. The van der Waals surface area contributed by atoms with Gasteiger partial charge in [0, 0.05) is 42.7 Å². The van der Waals surface area contributed by atoms with Crippen LogP contribution < -0.4 is 10.6 Å². The fourth-order valence-electron chi connectivity index (χ4n) is 5.71. The van der Waals surface area contributed by atoms with Crippen LogP contribution in [0.3, 0.4) is 0 Å². The van der Waals surface area contributed by atoms with Gasteiger partial charge in [-0.1, -0.05) is 57.2 Å². The molecule has 5 rings (SSSR count). The zero-order valence-corrected chi connectivity index (χ0v) is 24.6. The maximum absolute atomic E-state index is 13.4. The lowest BCUT2D eigenvalue weighted by atomic mass is 9.79. The molecule has 0 saturated heterocycles. The first kappa shape index (κ1) is 29.1. The highest BCUT2D eigenvalue weighted by molar-refractivity contribution is 6.06. The Labute approximate surface area is 246 Å². The fraction of sp³-hybridized carbons (Fsp3) is 0.364. The van der Waals surface area contributed by atoms with E-state index in [0.29, 0.717) is 37.5 Å². The third-order valence-corrected chi connectivity index (χ3v) is 7.80. The van der Waals surface area contributed by atoms with Crippen molar-refractivity contribution in [2.24, 2.45) is 10.4 Å². The van der Waals surface area contributed by atoms with Gasteiger partial charge in [-0.05, 0) is 53.3 Å². The maximum Gasteiger partial charge on any atom is 0.244 e. The first-order valence-electron chi connectivity index (χ1n) is 14.2. The van der Waals surface area contributed by atoms with Gasteiger partial charge in [0.25, 0.3) is 0 Å². The van der Waals surface area contributed by atoms with Gasteiger partial charge in [0.2, 0.25) is 17.7 Å². The molecule has 1 aliphatic heterocycles. The number of hydrogen-bond donors (Lipinski definition) is 2. The van der Waals surface area contributed by atoms with Crippen molar-refractivity contribution in [2.45, 2.75) is 45.6 Å². The lowest BCUT2D eigenvalue weighted by Gasteiger charge is -2.29. The summed E-state index contributed by atoms with van der Waals surface area (Å²) in [6.45, 7) is 6.77. The van der Waals surface area contributed by atoms with Crippen LogP contribution >= 0.6 is 0 Å². The Hall–Kier alpha value is -4.37. The Bertz CT molecular complexity index is 1540. The van der Waals surface area contributed by atoms with Crippen molar-refractivity contribution in [3.63, 3.8) is 0 Å². The molecule has 3 aromatic rings. The summed E-state index contributed by atoms with van der Waals surface area (Å²) in [6, 6.07) is 17.3. The van der Waals surface area contributed by atoms with Crippen molar-refractivity contribution in [3.8, 4) is 0 Å². The number of nitrogens with zero attached hydrogens (tertiary/aromatic N) is 3. The van der Waals surface area contributed by atoms with E-state index < -0.39 is 10.8 Å². The molecule has 0 fully saturated rings. The normalized spacial score (nSPS) is 17.3. The molecule has 3 amide bonds. The fourth-order valence-corrected chi connectivity index (χ4v) is 5.71. The van der Waals surface area contributed by atoms with Gasteiger partial charge >= 0.3 is 0 Å². The maximum atomic E-state index is 13.4. The Kier molecular flexibility index (Phi) is 8.22. The lowest BCUT2D eigenvalue weighted by molar-refractivity contribution is -0.142. The van der Waals surface area contributed by atoms with Gasteiger partial charge in [-0.3, -0.25) is 19.4 Å². The number of fused-ring (bicyclic) bond motifs is 3. The minimum atomic E-state index is -0.676. The van der Waals surface area contributed by atoms with E-state index in [1.54, 1.807) is 24.4 Å². The van der Waals surface area contributed by atoms with Crippen LogP contribution in [0.4, 0.5) is 11.5 Å². The second kappa shape index (κ2) is 11.9. The van der Waals surface area contributed by atoms with Crippen LogP contribution in [0.2, 0.25) is 0 Å². The number of pyridine rings is 1. The molecule has 1 spiro atoms. The molecule has 218 valence electrons. The molecule has 2 aromatic carbocycles. The summed E-state index contributed by atoms with van der Waals surface area (Å²) in [5.74, 6) is 0.160. The topological polar surface area (TPSA) is 113 Å². The number of aromatic nitrogens is 1. The molecule has 2 N–H and O–H groups in total. The minimum absolute atomic E-state index is 0.0432. The second-order valence-electron chi connectivity index (χ2n) is 12.0. The van der Waals surface area contributed by atoms with Crippen molar-refractivity contribution < 1.29 is 19.1 Å². The predicted octanol–water partition coefficient (Wildman–Crippen LogP) is 4.15. The highest BCUT2D eigenvalue weighted by Gasteiger charge is 2.51. The summed E-state index contributed by atoms with van der Waals surface area (Å²) in [5, 5.41) is 5.91. The molecule has 0 saturated carbocycles. The van der Waals surface area contributed by atoms with Crippen LogP contribution in [0, 0.1) is 5.41 Å². The highest BCUT2D eigenvalue weighted by Crippen LogP contribution is 2.46. The number of rotatable bonds is 9. The number of aliphatic imine (C=N–C) groups is 1. The minimum Gasteiger partial charge on any atom is -0.383 e. The van der Waals surface area contributed by atoms with Crippen molar-refractivity contribution in [2.75, 3.05) is 37.4 Å². The Morgan fingerprint density at radius 3 is 2.69 bits per heavy atom. The first-order chi connectivity index (χ1) is 20.1. The van der Waals surface area contributed by atoms with Crippen molar-refractivity contribution in [1.29, 1.82) is 0 Å². The molecular formula is C33H37N5O4. The van der Waals surface area contributed by atoms with E-state index in [2.05, 4.69) is 20.6 Å². The van der Waals surface area contributed by atoms with Crippen molar-refractivity contribution >= 4 is 35.4 Å². The number of carbonyl (C=O) groups is 3. The van der Waals surface area contributed by atoms with Gasteiger partial charge in [-0.2, -0.15) is 0 Å². The number of methoxy groups -OCH3 is 1. The van der Waals surface area contributed by atoms with Crippen LogP contribution in [0.5, 0.6) is 0 Å². The molecule has 9 heteroatoms. The molecule has 0 radical (unpaired) electrons. The third kappa shape index (κ3) is 5.97. The lowest BCUT2D eigenvalue weighted by Crippen LogP contribution is -2.43. The van der Waals surface area contributed by atoms with Crippen LogP contribution in [-0.4, -0.2) is 60.6 Å². The monoisotopic (exact) mass is 567 g/mol. The Morgan fingerprint density at radius 1 is 1.12 bits per heavy atom. The first-order valence-corrected chi connectivity index (χ1v) is 14.2. The van der Waals surface area contributed by atoms with Gasteiger partial charge < -0.3 is 20.3 Å². The summed E-state index contributed by atoms with van der Waals surface area (Å²) in [4.78, 5) is 50.2. The number of hydrogen-bond acceptors (Lipinski definition) is 6. The van der Waals surface area contributed by atoms with Crippen molar-refractivity contribution in [3.05, 3.63) is 88.6 Å². The summed E-state index contributed by atoms with van der Waals surface area (Å²) < 4.78 is 5.07. The van der Waals surface area contributed by atoms with Gasteiger partial charge in [-0.25, -0.2) is 4.98 Å². The summed E-state index contributed by atoms with van der Waals surface area (Å²) in [6.07, 6.45) is 4.58. The molecule has 1 atom stereocenters. The Balaban J connectivity index is 1.31. The van der Waals surface area contributed by atoms with Gasteiger partial charge in [0.1, 0.15) is 12.4 Å². The van der Waals surface area contributed by atoms with Crippen LogP contribution in [0.1, 0.15) is 48.6 Å². The number of anilines is 2. The van der Waals surface area contributed by atoms with Crippen LogP contribution in [0.25, 0.3) is 0 Å². The van der Waals surface area contributed by atoms with Gasteiger partial charge in [0.05, 0.1) is 18.6 Å². The molecule has 9 nitrogen and oxygen atoms in total. The molecule has 2 heterocycles. The summed E-state index contributed by atoms with van der Waals surface area (Å²) in [5.41, 5.74) is 4.09. The van der Waals surface area contributed by atoms with E-state index >= 15 is 0 Å². The van der Waals surface area contributed by atoms with Crippen LogP contribution in [-0.2, 0) is 43.9 Å². The Morgan fingerprint density at radius 2 is 1.90 bits per heavy atom. The average Bonchev–Trinajstić information content (AvgIpc) is 3.47. The van der Waals surface area contributed by atoms with E-state index in [1.165, 1.54) is 0 Å². The zero-order valence-electron chi connectivity index (χ0n) is 24.6. The number of ether oxygens (including phenoxy) is 1. The van der Waals surface area contributed by atoms with E-state index in [4.69, 9.17) is 4.74 Å². The number of nitrogens with one attached hydrogen (secondary N) is 2. The van der Waals surface area contributed by atoms with Crippen molar-refractivity contribution in [1.82, 2.24) is 9.88 Å². The predicted molar refractivity (Wildman–Crippen MR) is 163 cm³/mol. The quantitative estimate of drug-likeness (QED) is 0.298. The van der Waals surface area contributed by atoms with E-state index in [1.807, 2.05) is 75.4 Å². The van der Waals surface area contributed by atoms with Gasteiger partial charge in [-0.15, -0.1) is 0 Å². The van der Waals surface area contributed by atoms with E-state index in [-0.39, 0.29) is 30.8 Å². The molecule has 1 unspecified atom stereocenters. The standard InChI is InChI=1S/C33H37N5O4/c1-32(2,3)31(41)38(20-24-9-6-5-8-23(24)19-34-14-15-42-4)21-28(39)36-26-12-11-22-17-33(18-25(22)16-26)27-10-7-13-35-29(27)37-30(33)40/h5-13,16,19H,14-15,17-18,20-21H2,1-4H3,(H,36,39)(H,35,37,40). The SMILES string of the molecule is COCCN=Cc1ccccc1CN(CC(=O)Nc1ccc2c(c1)CC1(C2)C(=O)Nc2ncccc21)C(=O)C(C)(C)C. The molecule has 1 aromatic heterocycles. The van der Waals surface area contributed by atoms with E-state index in [9.17, 15) is 14.4 Å². The van der Waals surface area contributed by atoms with Gasteiger partial charge in [0.15, 0.2) is 0 Å².